The first kappa shape index (κ1) is 15.4. The summed E-state index contributed by atoms with van der Waals surface area (Å²) in [6.45, 7) is 6.50. The lowest BCUT2D eigenvalue weighted by molar-refractivity contribution is 0.133. The Hall–Kier alpha value is -1.47. The number of nitrogens with one attached hydrogen (secondary N) is 1. The zero-order chi connectivity index (χ0) is 15.6. The predicted octanol–water partition coefficient (Wildman–Crippen LogP) is 1.06. The van der Waals surface area contributed by atoms with Gasteiger partial charge in [-0.2, -0.15) is 9.37 Å². The quantitative estimate of drug-likeness (QED) is 0.848. The van der Waals surface area contributed by atoms with Crippen LogP contribution in [0.5, 0.6) is 5.88 Å². The first-order valence-electron chi connectivity index (χ1n) is 7.82. The van der Waals surface area contributed by atoms with Crippen molar-refractivity contribution >= 4 is 5.95 Å². The molecule has 2 aliphatic rings. The maximum atomic E-state index is 13.3. The number of hydrogen-bond acceptors (Lipinski definition) is 6. The number of piperazine rings is 1. The van der Waals surface area contributed by atoms with Gasteiger partial charge in [0, 0.05) is 44.7 Å². The van der Waals surface area contributed by atoms with Gasteiger partial charge >= 0.3 is 0 Å². The summed E-state index contributed by atoms with van der Waals surface area (Å²) in [6.07, 6.45) is 3.60. The first-order chi connectivity index (χ1) is 10.6. The van der Waals surface area contributed by atoms with Crippen molar-refractivity contribution in [2.24, 2.45) is 5.41 Å². The summed E-state index contributed by atoms with van der Waals surface area (Å²) in [4.78, 5) is 12.9. The molecule has 0 amide bonds. The minimum atomic E-state index is -0.536. The Morgan fingerprint density at radius 2 is 2.05 bits per heavy atom. The van der Waals surface area contributed by atoms with E-state index < -0.39 is 5.82 Å². The van der Waals surface area contributed by atoms with Gasteiger partial charge in [0.25, 0.3) is 5.88 Å². The van der Waals surface area contributed by atoms with Crippen LogP contribution < -0.4 is 10.1 Å². The molecular weight excluding hydrogens is 285 g/mol. The van der Waals surface area contributed by atoms with Gasteiger partial charge < -0.3 is 19.9 Å². The average molecular weight is 309 g/mol. The lowest BCUT2D eigenvalue weighted by Gasteiger charge is -2.34. The topological polar surface area (TPSA) is 53.5 Å². The Morgan fingerprint density at radius 3 is 2.68 bits per heavy atom. The summed E-state index contributed by atoms with van der Waals surface area (Å²) in [5.41, 5.74) is 0.320. The van der Waals surface area contributed by atoms with Crippen LogP contribution in [0.3, 0.4) is 0 Å². The number of aromatic nitrogens is 2. The molecule has 1 N–H and O–H groups in total. The van der Waals surface area contributed by atoms with Crippen LogP contribution in [0.15, 0.2) is 6.20 Å². The second-order valence-electron chi connectivity index (χ2n) is 6.48. The summed E-state index contributed by atoms with van der Waals surface area (Å²) in [5, 5.41) is 3.24. The van der Waals surface area contributed by atoms with E-state index >= 15 is 0 Å². The molecule has 2 heterocycles. The molecule has 0 atom stereocenters. The lowest BCUT2D eigenvalue weighted by Crippen LogP contribution is -2.47. The van der Waals surface area contributed by atoms with Crippen molar-refractivity contribution in [2.45, 2.75) is 12.8 Å². The Labute approximate surface area is 130 Å². The molecule has 1 aromatic heterocycles. The minimum absolute atomic E-state index is 0.0126. The zero-order valence-electron chi connectivity index (χ0n) is 13.3. The molecule has 0 radical (unpaired) electrons. The number of rotatable bonds is 6. The Morgan fingerprint density at radius 1 is 1.32 bits per heavy atom. The molecule has 0 bridgehead atoms. The van der Waals surface area contributed by atoms with E-state index in [9.17, 15) is 4.39 Å². The van der Waals surface area contributed by atoms with Gasteiger partial charge in [-0.15, -0.1) is 0 Å². The SMILES string of the molecule is COc1nc(NCC2(CN3CCN(C)CC3)CC2)ncc1F. The number of halogens is 1. The van der Waals surface area contributed by atoms with Crippen LogP contribution in [-0.4, -0.2) is 73.2 Å². The van der Waals surface area contributed by atoms with Gasteiger partial charge in [0.1, 0.15) is 0 Å². The van der Waals surface area contributed by atoms with Crippen LogP contribution in [0.25, 0.3) is 0 Å². The van der Waals surface area contributed by atoms with E-state index in [1.54, 1.807) is 0 Å². The van der Waals surface area contributed by atoms with E-state index in [1.165, 1.54) is 20.0 Å². The summed E-state index contributed by atoms with van der Waals surface area (Å²) in [7, 11) is 3.58. The van der Waals surface area contributed by atoms with Crippen molar-refractivity contribution in [3.05, 3.63) is 12.0 Å². The van der Waals surface area contributed by atoms with E-state index in [0.717, 1.165) is 45.5 Å². The van der Waals surface area contributed by atoms with Gasteiger partial charge in [-0.05, 0) is 19.9 Å². The molecule has 1 saturated heterocycles. The Bertz CT molecular complexity index is 515. The van der Waals surface area contributed by atoms with Crippen LogP contribution >= 0.6 is 0 Å². The molecule has 0 spiro atoms. The normalized spacial score (nSPS) is 21.6. The highest BCUT2D eigenvalue weighted by Crippen LogP contribution is 2.46. The molecule has 0 aromatic carbocycles. The molecule has 3 rings (SSSR count). The van der Waals surface area contributed by atoms with Crippen LogP contribution in [0.1, 0.15) is 12.8 Å². The van der Waals surface area contributed by atoms with Crippen LogP contribution in [0, 0.1) is 11.2 Å². The van der Waals surface area contributed by atoms with Gasteiger partial charge in [0.15, 0.2) is 0 Å². The number of likely N-dealkylation sites (N-methyl/N-ethyl adjacent to an activating group) is 1. The Kier molecular flexibility index (Phi) is 4.44. The monoisotopic (exact) mass is 309 g/mol. The number of hydrogen-bond donors (Lipinski definition) is 1. The van der Waals surface area contributed by atoms with Crippen molar-refractivity contribution in [1.82, 2.24) is 19.8 Å². The maximum absolute atomic E-state index is 13.3. The number of anilines is 1. The number of ether oxygens (including phenoxy) is 1. The van der Waals surface area contributed by atoms with Gasteiger partial charge in [0.2, 0.25) is 11.8 Å². The summed E-state index contributed by atoms with van der Waals surface area (Å²) in [5.74, 6) is -0.115. The van der Waals surface area contributed by atoms with Crippen LogP contribution in [-0.2, 0) is 0 Å². The maximum Gasteiger partial charge on any atom is 0.255 e. The second kappa shape index (κ2) is 6.34. The molecule has 1 aliphatic heterocycles. The van der Waals surface area contributed by atoms with Gasteiger partial charge in [-0.25, -0.2) is 4.98 Å². The van der Waals surface area contributed by atoms with Gasteiger partial charge in [-0.1, -0.05) is 0 Å². The van der Waals surface area contributed by atoms with E-state index in [4.69, 9.17) is 4.74 Å². The molecule has 22 heavy (non-hydrogen) atoms. The van der Waals surface area contributed by atoms with Crippen molar-refractivity contribution in [3.8, 4) is 5.88 Å². The largest absolute Gasteiger partial charge is 0.479 e. The number of nitrogens with zero attached hydrogens (tertiary/aromatic N) is 4. The summed E-state index contributed by atoms with van der Waals surface area (Å²) < 4.78 is 18.2. The number of methoxy groups -OCH3 is 1. The molecule has 0 unspecified atom stereocenters. The van der Waals surface area contributed by atoms with E-state index in [-0.39, 0.29) is 5.88 Å². The summed E-state index contributed by atoms with van der Waals surface area (Å²) in [6, 6.07) is 0. The van der Waals surface area contributed by atoms with E-state index in [1.807, 2.05) is 0 Å². The molecule has 6 nitrogen and oxygen atoms in total. The molecule has 1 aromatic rings. The highest BCUT2D eigenvalue weighted by molar-refractivity contribution is 5.29. The second-order valence-corrected chi connectivity index (χ2v) is 6.48. The lowest BCUT2D eigenvalue weighted by atomic mass is 10.1. The van der Waals surface area contributed by atoms with Gasteiger partial charge in [-0.3, -0.25) is 0 Å². The Balaban J connectivity index is 1.52. The predicted molar refractivity (Wildman–Crippen MR) is 82.6 cm³/mol. The summed E-state index contributed by atoms with van der Waals surface area (Å²) >= 11 is 0. The smallest absolute Gasteiger partial charge is 0.255 e. The fourth-order valence-corrected chi connectivity index (χ4v) is 2.89. The fraction of sp³-hybridized carbons (Fsp3) is 0.733. The fourth-order valence-electron chi connectivity index (χ4n) is 2.89. The minimum Gasteiger partial charge on any atom is -0.479 e. The van der Waals surface area contributed by atoms with Crippen molar-refractivity contribution in [2.75, 3.05) is 58.7 Å². The third-order valence-corrected chi connectivity index (χ3v) is 4.64. The van der Waals surface area contributed by atoms with Crippen molar-refractivity contribution < 1.29 is 9.13 Å². The molecular formula is C15H24FN5O. The van der Waals surface area contributed by atoms with Crippen molar-refractivity contribution in [3.63, 3.8) is 0 Å². The van der Waals surface area contributed by atoms with Crippen LogP contribution in [0.4, 0.5) is 10.3 Å². The molecule has 2 fully saturated rings. The zero-order valence-corrected chi connectivity index (χ0v) is 13.3. The molecule has 1 aliphatic carbocycles. The highest BCUT2D eigenvalue weighted by atomic mass is 19.1. The third kappa shape index (κ3) is 3.64. The van der Waals surface area contributed by atoms with Gasteiger partial charge in [0.05, 0.1) is 13.3 Å². The highest BCUT2D eigenvalue weighted by Gasteiger charge is 2.44. The van der Waals surface area contributed by atoms with E-state index in [0.29, 0.717) is 11.4 Å². The van der Waals surface area contributed by atoms with E-state index in [2.05, 4.69) is 32.1 Å². The first-order valence-corrected chi connectivity index (χ1v) is 7.82. The molecule has 7 heteroatoms. The standard InChI is InChI=1S/C15H24FN5O/c1-20-5-7-21(8-6-20)11-15(3-4-15)10-18-14-17-9-12(16)13(19-14)22-2/h9H,3-8,10-11H2,1-2H3,(H,17,18,19). The molecule has 122 valence electrons. The van der Waals surface area contributed by atoms with Crippen LogP contribution in [0.2, 0.25) is 0 Å². The third-order valence-electron chi connectivity index (χ3n) is 4.64. The molecule has 1 saturated carbocycles. The average Bonchev–Trinajstić information content (AvgIpc) is 3.29. The van der Waals surface area contributed by atoms with Crippen molar-refractivity contribution in [1.29, 1.82) is 0 Å².